The minimum atomic E-state index is -0.665. The molecule has 3 aromatic rings. The van der Waals surface area contributed by atoms with E-state index >= 15 is 0 Å². The Kier molecular flexibility index (Phi) is 6.24. The van der Waals surface area contributed by atoms with Crippen molar-refractivity contribution in [1.29, 1.82) is 0 Å². The molecule has 1 aliphatic heterocycles. The van der Waals surface area contributed by atoms with Crippen LogP contribution >= 0.6 is 0 Å². The van der Waals surface area contributed by atoms with Crippen LogP contribution in [0.5, 0.6) is 0 Å². The van der Waals surface area contributed by atoms with Crippen LogP contribution < -0.4 is 11.1 Å². The molecule has 2 amide bonds. The van der Waals surface area contributed by atoms with Crippen LogP contribution in [0.1, 0.15) is 64.3 Å². The van der Waals surface area contributed by atoms with Crippen molar-refractivity contribution in [1.82, 2.24) is 10.2 Å². The van der Waals surface area contributed by atoms with Crippen molar-refractivity contribution in [3.63, 3.8) is 0 Å². The summed E-state index contributed by atoms with van der Waals surface area (Å²) in [6.07, 6.45) is 3.28. The summed E-state index contributed by atoms with van der Waals surface area (Å²) in [5, 5.41) is 13.5. The maximum Gasteiger partial charge on any atom is 0.251 e. The molecule has 3 aliphatic rings. The monoisotopic (exact) mass is 508 g/mol. The predicted octanol–water partition coefficient (Wildman–Crippen LogP) is 3.82. The van der Waals surface area contributed by atoms with Gasteiger partial charge in [0.05, 0.1) is 30.7 Å². The number of nitrogens with zero attached hydrogens (tertiary/aromatic N) is 2. The first-order valence-corrected chi connectivity index (χ1v) is 13.3. The fraction of sp³-hybridized carbons (Fsp3) is 0.323. The summed E-state index contributed by atoms with van der Waals surface area (Å²) in [5.74, 6) is 0.451. The van der Waals surface area contributed by atoms with Crippen molar-refractivity contribution in [3.05, 3.63) is 107 Å². The maximum absolute atomic E-state index is 13.5. The molecule has 0 aromatic heterocycles. The van der Waals surface area contributed by atoms with Gasteiger partial charge in [-0.25, -0.2) is 4.99 Å². The van der Waals surface area contributed by atoms with Crippen molar-refractivity contribution >= 4 is 17.8 Å². The number of rotatable bonds is 7. The average molecular weight is 509 g/mol. The molecular formula is C31H32N4O3. The highest BCUT2D eigenvalue weighted by Gasteiger charge is 2.44. The van der Waals surface area contributed by atoms with Crippen LogP contribution in [0, 0.1) is 5.92 Å². The minimum absolute atomic E-state index is 0.0671. The number of aliphatic hydroxyl groups is 1. The van der Waals surface area contributed by atoms with E-state index in [0.29, 0.717) is 17.9 Å². The Bertz CT molecular complexity index is 1400. The molecular weight excluding hydrogens is 476 g/mol. The number of amides is 2. The molecule has 1 saturated carbocycles. The van der Waals surface area contributed by atoms with Crippen LogP contribution in [-0.4, -0.2) is 33.9 Å². The summed E-state index contributed by atoms with van der Waals surface area (Å²) in [6, 6.07) is 24.5. The summed E-state index contributed by atoms with van der Waals surface area (Å²) < 4.78 is 0. The van der Waals surface area contributed by atoms with E-state index in [1.807, 2.05) is 60.7 Å². The minimum Gasteiger partial charge on any atom is -0.390 e. The Morgan fingerprint density at radius 3 is 2.58 bits per heavy atom. The number of carbonyl (C=O) groups is 2. The van der Waals surface area contributed by atoms with Gasteiger partial charge < -0.3 is 16.2 Å². The number of aliphatic hydroxyl groups excluding tert-OH is 1. The molecule has 3 aromatic carbocycles. The molecule has 1 heterocycles. The molecule has 194 valence electrons. The number of hydrogen-bond acceptors (Lipinski definition) is 5. The molecule has 1 fully saturated rings. The summed E-state index contributed by atoms with van der Waals surface area (Å²) >= 11 is 0. The molecule has 0 bridgehead atoms. The van der Waals surface area contributed by atoms with Crippen molar-refractivity contribution in [3.8, 4) is 0 Å². The van der Waals surface area contributed by atoms with Crippen molar-refractivity contribution in [2.45, 2.75) is 56.3 Å². The molecule has 2 aliphatic carbocycles. The lowest BCUT2D eigenvalue weighted by molar-refractivity contribution is -0.130. The van der Waals surface area contributed by atoms with Gasteiger partial charge in [0.25, 0.3) is 5.91 Å². The van der Waals surface area contributed by atoms with Gasteiger partial charge in [0.1, 0.15) is 0 Å². The van der Waals surface area contributed by atoms with E-state index < -0.39 is 17.7 Å². The van der Waals surface area contributed by atoms with Crippen molar-refractivity contribution < 1.29 is 14.7 Å². The molecule has 4 N–H and O–H groups in total. The zero-order chi connectivity index (χ0) is 26.3. The molecule has 0 spiro atoms. The predicted molar refractivity (Wildman–Crippen MR) is 145 cm³/mol. The van der Waals surface area contributed by atoms with E-state index in [1.54, 1.807) is 18.2 Å². The summed E-state index contributed by atoms with van der Waals surface area (Å²) in [6.45, 7) is 0.235. The van der Waals surface area contributed by atoms with Crippen LogP contribution in [-0.2, 0) is 23.3 Å². The number of aliphatic imine (C=N–C) groups is 1. The second kappa shape index (κ2) is 9.72. The smallest absolute Gasteiger partial charge is 0.251 e. The Labute approximate surface area is 222 Å². The Morgan fingerprint density at radius 2 is 1.82 bits per heavy atom. The highest BCUT2D eigenvalue weighted by Crippen LogP contribution is 2.46. The highest BCUT2D eigenvalue weighted by atomic mass is 16.3. The topological polar surface area (TPSA) is 108 Å². The number of benzene rings is 3. The standard InChI is InChI=1S/C31H32N4O3/c32-30-34-31(17-20-13-14-20,24-10-2-1-3-11-24)18-27(37)35(30)19-21-7-6-9-23(15-21)29(38)33-28-25-12-5-4-8-22(25)16-26(28)36/h1-12,15,20,26,28,36H,13-14,16-19H2,(H2,32,34)(H,33,38)/t26-,28-,31-/m1/s1. The van der Waals surface area contributed by atoms with Gasteiger partial charge in [0.15, 0.2) is 5.96 Å². The summed E-state index contributed by atoms with van der Waals surface area (Å²) in [4.78, 5) is 33.0. The first-order valence-electron chi connectivity index (χ1n) is 13.3. The number of guanidine groups is 1. The van der Waals surface area contributed by atoms with Gasteiger partial charge in [0.2, 0.25) is 5.91 Å². The van der Waals surface area contributed by atoms with Crippen LogP contribution in [0.25, 0.3) is 0 Å². The van der Waals surface area contributed by atoms with Gasteiger partial charge >= 0.3 is 0 Å². The summed E-state index contributed by atoms with van der Waals surface area (Å²) in [7, 11) is 0. The third kappa shape index (κ3) is 4.70. The van der Waals surface area contributed by atoms with E-state index in [4.69, 9.17) is 10.7 Å². The van der Waals surface area contributed by atoms with E-state index in [9.17, 15) is 14.7 Å². The molecule has 38 heavy (non-hydrogen) atoms. The van der Waals surface area contributed by atoms with Gasteiger partial charge in [-0.3, -0.25) is 14.5 Å². The van der Waals surface area contributed by atoms with Crippen LogP contribution in [0.4, 0.5) is 0 Å². The average Bonchev–Trinajstić information content (AvgIpc) is 3.68. The first-order chi connectivity index (χ1) is 18.4. The van der Waals surface area contributed by atoms with Gasteiger partial charge in [-0.2, -0.15) is 0 Å². The zero-order valence-electron chi connectivity index (χ0n) is 21.2. The number of nitrogens with one attached hydrogen (secondary N) is 1. The Balaban J connectivity index is 1.20. The second-order valence-electron chi connectivity index (χ2n) is 10.8. The SMILES string of the molecule is NC1=N[C@@](CC2CC2)(c2ccccc2)CC(=O)N1Cc1cccc(C(=O)N[C@@H]2c3ccccc3C[C@H]2O)c1. The molecule has 0 unspecified atom stereocenters. The van der Waals surface area contributed by atoms with E-state index in [-0.39, 0.29) is 30.7 Å². The second-order valence-corrected chi connectivity index (χ2v) is 10.8. The lowest BCUT2D eigenvalue weighted by Crippen LogP contribution is -2.50. The highest BCUT2D eigenvalue weighted by molar-refractivity contribution is 5.99. The van der Waals surface area contributed by atoms with Gasteiger partial charge in [-0.05, 0) is 46.7 Å². The lowest BCUT2D eigenvalue weighted by Gasteiger charge is -2.38. The van der Waals surface area contributed by atoms with Crippen LogP contribution in [0.3, 0.4) is 0 Å². The number of nitrogens with two attached hydrogens (primary N) is 1. The summed E-state index contributed by atoms with van der Waals surface area (Å²) in [5.41, 5.74) is 10.1. The Hall–Kier alpha value is -3.97. The molecule has 3 atom stereocenters. The fourth-order valence-electron chi connectivity index (χ4n) is 5.88. The van der Waals surface area contributed by atoms with E-state index in [0.717, 1.165) is 28.7 Å². The fourth-order valence-corrected chi connectivity index (χ4v) is 5.88. The third-order valence-corrected chi connectivity index (χ3v) is 8.00. The molecule has 7 heteroatoms. The molecule has 7 nitrogen and oxygen atoms in total. The lowest BCUT2D eigenvalue weighted by atomic mass is 9.81. The number of hydrogen-bond donors (Lipinski definition) is 3. The number of fused-ring (bicyclic) bond motifs is 1. The number of carbonyl (C=O) groups excluding carboxylic acids is 2. The van der Waals surface area contributed by atoms with E-state index in [1.165, 1.54) is 17.7 Å². The van der Waals surface area contributed by atoms with E-state index in [2.05, 4.69) is 5.32 Å². The van der Waals surface area contributed by atoms with Gasteiger partial charge in [-0.15, -0.1) is 0 Å². The third-order valence-electron chi connectivity index (χ3n) is 8.00. The molecule has 0 radical (unpaired) electrons. The van der Waals surface area contributed by atoms with Gasteiger partial charge in [0, 0.05) is 12.0 Å². The largest absolute Gasteiger partial charge is 0.390 e. The van der Waals surface area contributed by atoms with Crippen LogP contribution in [0.15, 0.2) is 83.9 Å². The van der Waals surface area contributed by atoms with Crippen molar-refractivity contribution in [2.75, 3.05) is 0 Å². The normalized spacial score (nSPS) is 24.6. The molecule has 0 saturated heterocycles. The van der Waals surface area contributed by atoms with Crippen molar-refractivity contribution in [2.24, 2.45) is 16.6 Å². The quantitative estimate of drug-likeness (QED) is 0.451. The first kappa shape index (κ1) is 24.4. The maximum atomic E-state index is 13.5. The Morgan fingerprint density at radius 1 is 1.05 bits per heavy atom. The van der Waals surface area contributed by atoms with Crippen LogP contribution in [0.2, 0.25) is 0 Å². The van der Waals surface area contributed by atoms with Gasteiger partial charge in [-0.1, -0.05) is 79.6 Å². The zero-order valence-corrected chi connectivity index (χ0v) is 21.2. The molecule has 6 rings (SSSR count).